The van der Waals surface area contributed by atoms with E-state index < -0.39 is 97.5 Å². The van der Waals surface area contributed by atoms with E-state index in [0.717, 1.165) is 108 Å². The number of carbonyl (C=O) groups excluding carboxylic acids is 4. The van der Waals surface area contributed by atoms with E-state index in [-0.39, 0.29) is 25.7 Å². The minimum Gasteiger partial charge on any atom is -0.462 e. The van der Waals surface area contributed by atoms with E-state index in [0.29, 0.717) is 37.5 Å². The highest BCUT2D eigenvalue weighted by atomic mass is 31.2. The maximum atomic E-state index is 13.1. The highest BCUT2D eigenvalue weighted by molar-refractivity contribution is 7.47. The summed E-state index contributed by atoms with van der Waals surface area (Å²) < 4.78 is 68.5. The van der Waals surface area contributed by atoms with Gasteiger partial charge in [0.1, 0.15) is 19.3 Å². The van der Waals surface area contributed by atoms with Gasteiger partial charge in [-0.25, -0.2) is 9.13 Å². The van der Waals surface area contributed by atoms with E-state index in [1.54, 1.807) is 0 Å². The molecular formula is C79H154O17P2. The molecule has 0 fully saturated rings. The van der Waals surface area contributed by atoms with Crippen molar-refractivity contribution in [3.63, 3.8) is 0 Å². The van der Waals surface area contributed by atoms with Gasteiger partial charge in [-0.3, -0.25) is 37.3 Å². The lowest BCUT2D eigenvalue weighted by Gasteiger charge is -2.21. The fourth-order valence-corrected chi connectivity index (χ4v) is 13.6. The van der Waals surface area contributed by atoms with Crippen LogP contribution in [0.3, 0.4) is 0 Å². The SMILES string of the molecule is CCC(C)CCCCCCCCCCCCCCCCCCCCC(=O)OC[C@H](COP(=O)(O)OCC(O)COP(=O)(O)OC[C@@H](COC(=O)CCCCCCCCCC(C)C)OC(=O)CCCCCCCCC(C)C)OC(=O)CCCCCCCCCCCCCCCCC(C)C. The third-order valence-corrected chi connectivity index (χ3v) is 20.6. The molecular weight excluding hydrogens is 1280 g/mol. The lowest BCUT2D eigenvalue weighted by atomic mass is 9.99. The lowest BCUT2D eigenvalue weighted by Crippen LogP contribution is -2.30. The van der Waals surface area contributed by atoms with Gasteiger partial charge >= 0.3 is 39.5 Å². The Morgan fingerprint density at radius 3 is 0.724 bits per heavy atom. The maximum absolute atomic E-state index is 13.1. The molecule has 0 aliphatic heterocycles. The van der Waals surface area contributed by atoms with Gasteiger partial charge in [-0.1, -0.05) is 351 Å². The van der Waals surface area contributed by atoms with Crippen molar-refractivity contribution in [1.29, 1.82) is 0 Å². The molecule has 0 spiro atoms. The summed E-state index contributed by atoms with van der Waals surface area (Å²) in [5, 5.41) is 10.6. The van der Waals surface area contributed by atoms with E-state index in [2.05, 4.69) is 55.4 Å². The number of esters is 4. The zero-order valence-corrected chi connectivity index (χ0v) is 66.2. The molecule has 0 aromatic rings. The van der Waals surface area contributed by atoms with Crippen LogP contribution in [0.15, 0.2) is 0 Å². The first-order chi connectivity index (χ1) is 47.1. The molecule has 4 unspecified atom stereocenters. The molecule has 17 nitrogen and oxygen atoms in total. The highest BCUT2D eigenvalue weighted by Crippen LogP contribution is 2.45. The number of phosphoric acid groups is 2. The molecule has 0 aromatic heterocycles. The second kappa shape index (κ2) is 68.2. The second-order valence-electron chi connectivity index (χ2n) is 30.1. The van der Waals surface area contributed by atoms with Gasteiger partial charge in [0.05, 0.1) is 26.4 Å². The number of ether oxygens (including phenoxy) is 4. The Morgan fingerprint density at radius 1 is 0.286 bits per heavy atom. The molecule has 0 bridgehead atoms. The van der Waals surface area contributed by atoms with Crippen molar-refractivity contribution in [1.82, 2.24) is 0 Å². The van der Waals surface area contributed by atoms with Crippen LogP contribution >= 0.6 is 15.6 Å². The number of hydrogen-bond donors (Lipinski definition) is 3. The van der Waals surface area contributed by atoms with Crippen LogP contribution < -0.4 is 0 Å². The monoisotopic (exact) mass is 1440 g/mol. The Hall–Kier alpha value is -1.94. The second-order valence-corrected chi connectivity index (χ2v) is 33.0. The number of unbranched alkanes of at least 4 members (excludes halogenated alkanes) is 41. The number of phosphoric ester groups is 2. The molecule has 98 heavy (non-hydrogen) atoms. The predicted molar refractivity (Wildman–Crippen MR) is 400 cm³/mol. The van der Waals surface area contributed by atoms with Crippen molar-refractivity contribution in [2.75, 3.05) is 39.6 Å². The van der Waals surface area contributed by atoms with E-state index in [9.17, 15) is 43.2 Å². The molecule has 0 amide bonds. The standard InChI is InChI=1S/C79H154O17P2/c1-9-72(8)58-50-42-33-27-23-19-14-12-10-11-13-15-20-24-28-34-43-51-59-76(81)89-65-74(95-78(83)61-53-45-35-29-25-21-17-16-18-22-26-31-39-47-55-69(2)3)67-93-97(85,86)91-63-73(80)64-92-98(87,88)94-68-75(96-79(84)62-54-46-38-37-41-49-57-71(6)7)66-90-77(82)60-52-44-36-30-32-40-48-56-70(4)5/h69-75,80H,9-68H2,1-8H3,(H,85,86)(H,87,88)/t72?,73?,74-,75-/m1/s1. The van der Waals surface area contributed by atoms with Crippen LogP contribution in [0.1, 0.15) is 402 Å². The van der Waals surface area contributed by atoms with Gasteiger partial charge in [-0.05, 0) is 49.4 Å². The molecule has 0 aliphatic carbocycles. The van der Waals surface area contributed by atoms with Crippen molar-refractivity contribution in [2.24, 2.45) is 23.7 Å². The van der Waals surface area contributed by atoms with E-state index in [1.165, 1.54) is 199 Å². The van der Waals surface area contributed by atoms with Crippen molar-refractivity contribution >= 4 is 39.5 Å². The minimum atomic E-state index is -4.96. The van der Waals surface area contributed by atoms with Crippen LogP contribution in [0, 0.1) is 23.7 Å². The number of carbonyl (C=O) groups is 4. The third kappa shape index (κ3) is 71.1. The largest absolute Gasteiger partial charge is 0.472 e. The zero-order valence-electron chi connectivity index (χ0n) is 64.4. The van der Waals surface area contributed by atoms with Gasteiger partial charge in [-0.2, -0.15) is 0 Å². The van der Waals surface area contributed by atoms with Gasteiger partial charge in [0.15, 0.2) is 12.2 Å². The first-order valence-corrected chi connectivity index (χ1v) is 43.7. The molecule has 0 aliphatic rings. The lowest BCUT2D eigenvalue weighted by molar-refractivity contribution is -0.161. The molecule has 6 atom stereocenters. The van der Waals surface area contributed by atoms with Crippen molar-refractivity contribution in [3.8, 4) is 0 Å². The summed E-state index contributed by atoms with van der Waals surface area (Å²) in [4.78, 5) is 72.8. The molecule has 0 aromatic carbocycles. The summed E-state index contributed by atoms with van der Waals surface area (Å²) in [6.07, 6.45) is 54.5. The van der Waals surface area contributed by atoms with Crippen LogP contribution in [0.25, 0.3) is 0 Å². The van der Waals surface area contributed by atoms with Gasteiger partial charge in [0.2, 0.25) is 0 Å². The van der Waals surface area contributed by atoms with Crippen LogP contribution in [0.4, 0.5) is 0 Å². The third-order valence-electron chi connectivity index (χ3n) is 18.7. The summed E-state index contributed by atoms with van der Waals surface area (Å²) in [6, 6.07) is 0. The average Bonchev–Trinajstić information content (AvgIpc) is 1.04. The summed E-state index contributed by atoms with van der Waals surface area (Å²) in [7, 11) is -9.91. The molecule has 582 valence electrons. The number of rotatable bonds is 76. The summed E-state index contributed by atoms with van der Waals surface area (Å²) in [5.41, 5.74) is 0. The van der Waals surface area contributed by atoms with E-state index in [4.69, 9.17) is 37.0 Å². The molecule has 19 heteroatoms. The Morgan fingerprint density at radius 2 is 0.490 bits per heavy atom. The van der Waals surface area contributed by atoms with Crippen LogP contribution in [0.5, 0.6) is 0 Å². The smallest absolute Gasteiger partial charge is 0.462 e. The van der Waals surface area contributed by atoms with Gasteiger partial charge in [0, 0.05) is 25.7 Å². The molecule has 3 N–H and O–H groups in total. The van der Waals surface area contributed by atoms with Crippen molar-refractivity contribution in [2.45, 2.75) is 420 Å². The van der Waals surface area contributed by atoms with Crippen LogP contribution in [-0.2, 0) is 65.4 Å². The summed E-state index contributed by atoms with van der Waals surface area (Å²) >= 11 is 0. The zero-order chi connectivity index (χ0) is 72.4. The van der Waals surface area contributed by atoms with E-state index >= 15 is 0 Å². The topological polar surface area (TPSA) is 237 Å². The average molecular weight is 1440 g/mol. The first kappa shape index (κ1) is 96.1. The van der Waals surface area contributed by atoms with Crippen LogP contribution in [0.2, 0.25) is 0 Å². The number of aliphatic hydroxyl groups is 1. The fraction of sp³-hybridized carbons (Fsp3) is 0.949. The molecule has 0 heterocycles. The highest BCUT2D eigenvalue weighted by Gasteiger charge is 2.30. The summed E-state index contributed by atoms with van der Waals surface area (Å²) in [5.74, 6) is 0.920. The fourth-order valence-electron chi connectivity index (χ4n) is 12.0. The van der Waals surface area contributed by atoms with Gasteiger partial charge in [-0.15, -0.1) is 0 Å². The number of hydrogen-bond acceptors (Lipinski definition) is 15. The predicted octanol–water partition coefficient (Wildman–Crippen LogP) is 23.2. The number of aliphatic hydroxyl groups excluding tert-OH is 1. The first-order valence-electron chi connectivity index (χ1n) is 40.7. The van der Waals surface area contributed by atoms with Gasteiger partial charge in [0.25, 0.3) is 0 Å². The normalized spacial score (nSPS) is 14.3. The maximum Gasteiger partial charge on any atom is 0.472 e. The van der Waals surface area contributed by atoms with Crippen molar-refractivity contribution < 1.29 is 80.2 Å². The van der Waals surface area contributed by atoms with Gasteiger partial charge < -0.3 is 33.8 Å². The molecule has 0 saturated carbocycles. The summed E-state index contributed by atoms with van der Waals surface area (Å²) in [6.45, 7) is 14.2. The molecule has 0 saturated heterocycles. The minimum absolute atomic E-state index is 0.101. The molecule has 0 rings (SSSR count). The Kier molecular flexibility index (Phi) is 66.8. The quantitative estimate of drug-likeness (QED) is 0.0222. The van der Waals surface area contributed by atoms with E-state index in [1.807, 2.05) is 0 Å². The van der Waals surface area contributed by atoms with Crippen LogP contribution in [-0.4, -0.2) is 96.7 Å². The Labute approximate surface area is 600 Å². The molecule has 0 radical (unpaired) electrons. The Balaban J connectivity index is 5.17. The van der Waals surface area contributed by atoms with Crippen molar-refractivity contribution in [3.05, 3.63) is 0 Å². The Bertz CT molecular complexity index is 1920.